The van der Waals surface area contributed by atoms with Crippen LogP contribution in [0, 0.1) is 0 Å². The smallest absolute Gasteiger partial charge is 0.273 e. The van der Waals surface area contributed by atoms with E-state index in [0.717, 1.165) is 11.9 Å². The molecule has 25 heavy (non-hydrogen) atoms. The molecule has 0 spiro atoms. The molecule has 0 fully saturated rings. The van der Waals surface area contributed by atoms with E-state index >= 15 is 0 Å². The molecule has 0 saturated carbocycles. The summed E-state index contributed by atoms with van der Waals surface area (Å²) in [6, 6.07) is 6.51. The van der Waals surface area contributed by atoms with Gasteiger partial charge in [-0.25, -0.2) is 8.42 Å². The Hall–Kier alpha value is -1.87. The zero-order valence-corrected chi connectivity index (χ0v) is 16.8. The minimum absolute atomic E-state index is 0.195. The van der Waals surface area contributed by atoms with E-state index in [0.29, 0.717) is 15.7 Å². The summed E-state index contributed by atoms with van der Waals surface area (Å²) in [7, 11) is -3.41. The highest BCUT2D eigenvalue weighted by molar-refractivity contribution is 9.10. The third-order valence-corrected chi connectivity index (χ3v) is 4.99. The molecule has 0 radical (unpaired) electrons. The molecular weight excluding hydrogens is 408 g/mol. The number of benzene rings is 1. The van der Waals surface area contributed by atoms with Crippen molar-refractivity contribution in [3.63, 3.8) is 0 Å². The predicted octanol–water partition coefficient (Wildman–Crippen LogP) is 3.16. The van der Waals surface area contributed by atoms with Gasteiger partial charge in [-0.2, -0.15) is 5.10 Å². The van der Waals surface area contributed by atoms with Crippen LogP contribution < -0.4 is 10.0 Å². The summed E-state index contributed by atoms with van der Waals surface area (Å²) in [5.74, 6) is -0.155. The molecule has 0 aliphatic heterocycles. The van der Waals surface area contributed by atoms with E-state index in [1.807, 2.05) is 13.8 Å². The number of anilines is 1. The normalized spacial score (nSPS) is 12.9. The van der Waals surface area contributed by atoms with Gasteiger partial charge in [-0.15, -0.1) is 0 Å². The lowest BCUT2D eigenvalue weighted by Gasteiger charge is -2.18. The second kappa shape index (κ2) is 7.57. The molecule has 1 aromatic carbocycles. The summed E-state index contributed by atoms with van der Waals surface area (Å²) >= 11 is 3.41. The number of nitrogens with zero attached hydrogens (tertiary/aromatic N) is 1. The predicted molar refractivity (Wildman–Crippen MR) is 101 cm³/mol. The molecular formula is C16H21BrN4O3S. The van der Waals surface area contributed by atoms with Crippen LogP contribution in [0.3, 0.4) is 0 Å². The quantitative estimate of drug-likeness (QED) is 0.656. The second-order valence-corrected chi connectivity index (χ2v) is 8.65. The topological polar surface area (TPSA) is 104 Å². The lowest BCUT2D eigenvalue weighted by Crippen LogP contribution is -2.28. The van der Waals surface area contributed by atoms with Crippen LogP contribution in [0.1, 0.15) is 54.5 Å². The molecule has 1 unspecified atom stereocenters. The fraction of sp³-hybridized carbons (Fsp3) is 0.375. The third kappa shape index (κ3) is 4.82. The minimum atomic E-state index is -3.41. The van der Waals surface area contributed by atoms with E-state index in [2.05, 4.69) is 36.2 Å². The highest BCUT2D eigenvalue weighted by atomic mass is 79.9. The van der Waals surface area contributed by atoms with Gasteiger partial charge in [0.25, 0.3) is 5.91 Å². The van der Waals surface area contributed by atoms with Crippen LogP contribution in [-0.4, -0.2) is 30.8 Å². The number of aromatic amines is 1. The molecule has 1 aromatic heterocycles. The Morgan fingerprint density at radius 3 is 2.44 bits per heavy atom. The zero-order valence-electron chi connectivity index (χ0n) is 14.4. The Kier molecular flexibility index (Phi) is 5.89. The highest BCUT2D eigenvalue weighted by Crippen LogP contribution is 2.27. The van der Waals surface area contributed by atoms with Gasteiger partial charge in [0.15, 0.2) is 5.69 Å². The van der Waals surface area contributed by atoms with Crippen molar-refractivity contribution >= 4 is 37.5 Å². The maximum atomic E-state index is 12.5. The first-order chi connectivity index (χ1) is 11.6. The standard InChI is InChI=1S/C16H21BrN4O3S/c1-9(2)14-13(17)15(20-19-14)16(22)18-10(3)11-7-5-6-8-12(11)21-25(4,23)24/h5-10,21H,1-4H3,(H,18,22)(H,19,20). The van der Waals surface area contributed by atoms with Crippen molar-refractivity contribution in [2.45, 2.75) is 32.7 Å². The molecule has 136 valence electrons. The Bertz CT molecular complexity index is 877. The lowest BCUT2D eigenvalue weighted by molar-refractivity contribution is 0.0934. The highest BCUT2D eigenvalue weighted by Gasteiger charge is 2.22. The number of H-pyrrole nitrogens is 1. The van der Waals surface area contributed by atoms with E-state index in [1.165, 1.54) is 0 Å². The molecule has 3 N–H and O–H groups in total. The molecule has 1 atom stereocenters. The summed E-state index contributed by atoms with van der Waals surface area (Å²) in [4.78, 5) is 12.5. The van der Waals surface area contributed by atoms with E-state index < -0.39 is 16.1 Å². The number of carbonyl (C=O) groups excluding carboxylic acids is 1. The van der Waals surface area contributed by atoms with Crippen LogP contribution in [0.15, 0.2) is 28.7 Å². The van der Waals surface area contributed by atoms with Gasteiger partial charge in [0.2, 0.25) is 10.0 Å². The van der Waals surface area contributed by atoms with E-state index in [4.69, 9.17) is 0 Å². The molecule has 2 aromatic rings. The minimum Gasteiger partial charge on any atom is -0.344 e. The first kappa shape index (κ1) is 19.5. The van der Waals surface area contributed by atoms with Crippen LogP contribution in [0.5, 0.6) is 0 Å². The number of hydrogen-bond acceptors (Lipinski definition) is 4. The maximum absolute atomic E-state index is 12.5. The molecule has 2 rings (SSSR count). The Morgan fingerprint density at radius 1 is 1.24 bits per heavy atom. The summed E-state index contributed by atoms with van der Waals surface area (Å²) in [5, 5.41) is 9.78. The van der Waals surface area contributed by atoms with E-state index in [9.17, 15) is 13.2 Å². The Balaban J connectivity index is 2.23. The monoisotopic (exact) mass is 428 g/mol. The second-order valence-electron chi connectivity index (χ2n) is 6.11. The number of nitrogens with one attached hydrogen (secondary N) is 3. The molecule has 1 heterocycles. The molecule has 0 saturated heterocycles. The van der Waals surface area contributed by atoms with Crippen molar-refractivity contribution in [1.82, 2.24) is 15.5 Å². The van der Waals surface area contributed by atoms with Crippen molar-refractivity contribution < 1.29 is 13.2 Å². The fourth-order valence-electron chi connectivity index (χ4n) is 2.38. The number of rotatable bonds is 6. The number of hydrogen-bond donors (Lipinski definition) is 3. The van der Waals surface area contributed by atoms with Crippen molar-refractivity contribution in [2.24, 2.45) is 0 Å². The van der Waals surface area contributed by atoms with Gasteiger partial charge in [0, 0.05) is 0 Å². The molecule has 1 amide bonds. The zero-order chi connectivity index (χ0) is 18.8. The van der Waals surface area contributed by atoms with Crippen LogP contribution in [0.4, 0.5) is 5.69 Å². The van der Waals surface area contributed by atoms with Crippen LogP contribution >= 0.6 is 15.9 Å². The molecule has 0 bridgehead atoms. The van der Waals surface area contributed by atoms with Crippen molar-refractivity contribution in [2.75, 3.05) is 11.0 Å². The van der Waals surface area contributed by atoms with E-state index in [-0.39, 0.29) is 17.5 Å². The van der Waals surface area contributed by atoms with Gasteiger partial charge in [-0.1, -0.05) is 32.0 Å². The average molecular weight is 429 g/mol. The number of sulfonamides is 1. The average Bonchev–Trinajstić information content (AvgIpc) is 2.88. The Morgan fingerprint density at radius 2 is 1.88 bits per heavy atom. The molecule has 0 aliphatic carbocycles. The largest absolute Gasteiger partial charge is 0.344 e. The van der Waals surface area contributed by atoms with Gasteiger partial charge in [-0.3, -0.25) is 14.6 Å². The fourth-order valence-corrected chi connectivity index (χ4v) is 3.79. The van der Waals surface area contributed by atoms with Gasteiger partial charge in [0.05, 0.1) is 28.2 Å². The van der Waals surface area contributed by atoms with Crippen LogP contribution in [0.25, 0.3) is 0 Å². The molecule has 9 heteroatoms. The lowest BCUT2D eigenvalue weighted by atomic mass is 10.1. The number of aromatic nitrogens is 2. The van der Waals surface area contributed by atoms with Crippen LogP contribution in [-0.2, 0) is 10.0 Å². The summed E-state index contributed by atoms with van der Waals surface area (Å²) in [6.07, 6.45) is 1.08. The van der Waals surface area contributed by atoms with Gasteiger partial charge >= 0.3 is 0 Å². The number of carbonyl (C=O) groups is 1. The van der Waals surface area contributed by atoms with Crippen LogP contribution in [0.2, 0.25) is 0 Å². The Labute approximate surface area is 155 Å². The number of amides is 1. The van der Waals surface area contributed by atoms with Gasteiger partial charge < -0.3 is 5.32 Å². The van der Waals surface area contributed by atoms with Gasteiger partial charge in [-0.05, 0) is 40.4 Å². The third-order valence-electron chi connectivity index (χ3n) is 3.60. The summed E-state index contributed by atoms with van der Waals surface area (Å²) < 4.78 is 26.1. The van der Waals surface area contributed by atoms with E-state index in [1.54, 1.807) is 31.2 Å². The van der Waals surface area contributed by atoms with Crippen molar-refractivity contribution in [3.8, 4) is 0 Å². The maximum Gasteiger partial charge on any atom is 0.273 e. The molecule has 7 nitrogen and oxygen atoms in total. The van der Waals surface area contributed by atoms with Crippen molar-refractivity contribution in [3.05, 3.63) is 45.7 Å². The molecule has 0 aliphatic rings. The van der Waals surface area contributed by atoms with Crippen molar-refractivity contribution in [1.29, 1.82) is 0 Å². The summed E-state index contributed by atoms with van der Waals surface area (Å²) in [5.41, 5.74) is 2.21. The van der Waals surface area contributed by atoms with Gasteiger partial charge in [0.1, 0.15) is 0 Å². The number of halogens is 1. The SMILES string of the molecule is CC(C)c1[nH]nc(C(=O)NC(C)c2ccccc2NS(C)(=O)=O)c1Br. The first-order valence-electron chi connectivity index (χ1n) is 7.71. The number of para-hydroxylation sites is 1. The first-order valence-corrected chi connectivity index (χ1v) is 10.4. The summed E-state index contributed by atoms with van der Waals surface area (Å²) in [6.45, 7) is 5.77.